The van der Waals surface area contributed by atoms with Crippen LogP contribution >= 0.6 is 35.6 Å². The minimum atomic E-state index is -1.12. The van der Waals surface area contributed by atoms with Crippen LogP contribution in [0.15, 0.2) is 42.5 Å². The smallest absolute Gasteiger partial charge is 0.258 e. The molecule has 0 spiro atoms. The number of carbonyl (C=O) groups is 2. The number of carbonyl (C=O) groups excluding carboxylic acids is 2. The van der Waals surface area contributed by atoms with E-state index in [2.05, 4.69) is 5.43 Å². The standard InChI is InChI=1S/C8H5ClF2O.C7H5ClO.C4H12N2.ClH/c1-4-2-3-5(10)6(7(4)11)8(9)12;8-7(9)6-4-2-1-3-5-6;1-4(2,3)6-5;/h2-3H,1H3;1-5H;6H,5H2,1-3H3;1H. The maximum atomic E-state index is 13.0. The third-order valence-corrected chi connectivity index (χ3v) is 3.32. The molecule has 28 heavy (non-hydrogen) atoms. The predicted octanol–water partition coefficient (Wildman–Crippen LogP) is 5.39. The van der Waals surface area contributed by atoms with Gasteiger partial charge in [-0.1, -0.05) is 36.4 Å². The molecule has 0 aliphatic rings. The van der Waals surface area contributed by atoms with Gasteiger partial charge in [-0.2, -0.15) is 0 Å². The van der Waals surface area contributed by atoms with Crippen molar-refractivity contribution in [1.82, 2.24) is 5.43 Å². The van der Waals surface area contributed by atoms with Crippen molar-refractivity contribution >= 4 is 46.1 Å². The molecule has 4 nitrogen and oxygen atoms in total. The molecule has 0 saturated heterocycles. The van der Waals surface area contributed by atoms with E-state index in [0.29, 0.717) is 5.56 Å². The Hall–Kier alpha value is -1.57. The lowest BCUT2D eigenvalue weighted by atomic mass is 10.1. The number of nitrogens with one attached hydrogen (secondary N) is 1. The number of nitrogens with two attached hydrogens (primary N) is 1. The Morgan fingerprint density at radius 3 is 1.71 bits per heavy atom. The van der Waals surface area contributed by atoms with E-state index in [4.69, 9.17) is 29.0 Å². The molecule has 156 valence electrons. The van der Waals surface area contributed by atoms with Crippen LogP contribution < -0.4 is 11.3 Å². The van der Waals surface area contributed by atoms with Crippen LogP contribution in [0, 0.1) is 18.6 Å². The first-order chi connectivity index (χ1) is 12.4. The van der Waals surface area contributed by atoms with E-state index in [1.54, 1.807) is 24.3 Å². The maximum absolute atomic E-state index is 13.0. The SMILES string of the molecule is CC(C)(C)NN.Cc1ccc(F)c(C(=O)Cl)c1F.Cl.O=C(Cl)c1ccccc1. The molecule has 2 aromatic carbocycles. The van der Waals surface area contributed by atoms with Crippen LogP contribution in [0.5, 0.6) is 0 Å². The van der Waals surface area contributed by atoms with E-state index in [1.165, 1.54) is 13.0 Å². The quantitative estimate of drug-likeness (QED) is 0.362. The summed E-state index contributed by atoms with van der Waals surface area (Å²) in [6.45, 7) is 7.45. The third-order valence-electron chi connectivity index (χ3n) is 2.91. The Bertz CT molecular complexity index is 768. The van der Waals surface area contributed by atoms with Crippen molar-refractivity contribution < 1.29 is 18.4 Å². The second kappa shape index (κ2) is 13.6. The minimum absolute atomic E-state index is 0. The Kier molecular flexibility index (Phi) is 13.9. The number of hydrogen-bond donors (Lipinski definition) is 2. The summed E-state index contributed by atoms with van der Waals surface area (Å²) in [4.78, 5) is 20.9. The molecule has 2 rings (SSSR count). The molecule has 0 bridgehead atoms. The van der Waals surface area contributed by atoms with E-state index in [0.717, 1.165) is 6.07 Å². The molecule has 0 heterocycles. The Morgan fingerprint density at radius 1 is 0.964 bits per heavy atom. The van der Waals surface area contributed by atoms with Gasteiger partial charge in [-0.05, 0) is 62.5 Å². The maximum Gasteiger partial charge on any atom is 0.258 e. The van der Waals surface area contributed by atoms with E-state index in [1.807, 2.05) is 26.8 Å². The molecular formula is C19H23Cl3F2N2O2. The molecule has 0 amide bonds. The number of benzene rings is 2. The molecule has 0 atom stereocenters. The summed E-state index contributed by atoms with van der Waals surface area (Å²) in [6, 6.07) is 11.0. The van der Waals surface area contributed by atoms with Gasteiger partial charge in [-0.15, -0.1) is 12.4 Å². The molecule has 0 aromatic heterocycles. The van der Waals surface area contributed by atoms with Gasteiger partial charge in [0.2, 0.25) is 0 Å². The highest BCUT2D eigenvalue weighted by Crippen LogP contribution is 2.17. The van der Waals surface area contributed by atoms with Gasteiger partial charge in [0.15, 0.2) is 0 Å². The predicted molar refractivity (Wildman–Crippen MR) is 112 cm³/mol. The summed E-state index contributed by atoms with van der Waals surface area (Å²) in [5.41, 5.74) is 2.73. The van der Waals surface area contributed by atoms with Crippen molar-refractivity contribution in [1.29, 1.82) is 0 Å². The number of hydrazine groups is 1. The van der Waals surface area contributed by atoms with Gasteiger partial charge in [0.05, 0.1) is 0 Å². The van der Waals surface area contributed by atoms with E-state index in [9.17, 15) is 18.4 Å². The lowest BCUT2D eigenvalue weighted by Crippen LogP contribution is -2.41. The van der Waals surface area contributed by atoms with Crippen LogP contribution in [-0.2, 0) is 0 Å². The van der Waals surface area contributed by atoms with Gasteiger partial charge >= 0.3 is 0 Å². The highest BCUT2D eigenvalue weighted by atomic mass is 35.5. The summed E-state index contributed by atoms with van der Waals surface area (Å²) < 4.78 is 25.7. The van der Waals surface area contributed by atoms with Crippen LogP contribution in [0.1, 0.15) is 47.1 Å². The van der Waals surface area contributed by atoms with Crippen molar-refractivity contribution in [2.24, 2.45) is 5.84 Å². The van der Waals surface area contributed by atoms with Crippen molar-refractivity contribution in [3.05, 3.63) is 70.8 Å². The van der Waals surface area contributed by atoms with Crippen LogP contribution in [-0.4, -0.2) is 16.0 Å². The van der Waals surface area contributed by atoms with Crippen molar-refractivity contribution in [3.63, 3.8) is 0 Å². The summed E-state index contributed by atoms with van der Waals surface area (Å²) >= 11 is 10.1. The zero-order chi connectivity index (χ0) is 21.2. The molecule has 2 aromatic rings. The zero-order valence-corrected chi connectivity index (χ0v) is 18.2. The van der Waals surface area contributed by atoms with Crippen LogP contribution in [0.4, 0.5) is 8.78 Å². The van der Waals surface area contributed by atoms with Gasteiger partial charge in [0, 0.05) is 11.1 Å². The summed E-state index contributed by atoms with van der Waals surface area (Å²) in [5, 5.41) is -1.52. The molecule has 0 aliphatic heterocycles. The third kappa shape index (κ3) is 11.3. The average Bonchev–Trinajstić information content (AvgIpc) is 2.59. The van der Waals surface area contributed by atoms with Crippen LogP contribution in [0.3, 0.4) is 0 Å². The molecule has 0 saturated carbocycles. The monoisotopic (exact) mass is 454 g/mol. The van der Waals surface area contributed by atoms with E-state index < -0.39 is 27.7 Å². The summed E-state index contributed by atoms with van der Waals surface area (Å²) in [5.74, 6) is 3.23. The number of hydrogen-bond acceptors (Lipinski definition) is 4. The summed E-state index contributed by atoms with van der Waals surface area (Å²) in [7, 11) is 0. The van der Waals surface area contributed by atoms with E-state index in [-0.39, 0.29) is 23.5 Å². The fourth-order valence-corrected chi connectivity index (χ4v) is 1.71. The van der Waals surface area contributed by atoms with Crippen molar-refractivity contribution in [3.8, 4) is 0 Å². The summed E-state index contributed by atoms with van der Waals surface area (Å²) in [6.07, 6.45) is 0. The first kappa shape index (κ1) is 28.6. The lowest BCUT2D eigenvalue weighted by Gasteiger charge is -2.14. The number of halogens is 5. The fraction of sp³-hybridized carbons (Fsp3) is 0.263. The lowest BCUT2D eigenvalue weighted by molar-refractivity contribution is 0.106. The van der Waals surface area contributed by atoms with Crippen LogP contribution in [0.2, 0.25) is 0 Å². The zero-order valence-electron chi connectivity index (χ0n) is 15.9. The molecule has 0 aliphatic carbocycles. The normalized spacial score (nSPS) is 9.75. The molecule has 9 heteroatoms. The molecule has 3 N–H and O–H groups in total. The minimum Gasteiger partial charge on any atom is -0.276 e. The largest absolute Gasteiger partial charge is 0.276 e. The average molecular weight is 456 g/mol. The molecule has 0 fully saturated rings. The molecular weight excluding hydrogens is 433 g/mol. The van der Waals surface area contributed by atoms with E-state index >= 15 is 0 Å². The van der Waals surface area contributed by atoms with Gasteiger partial charge in [0.25, 0.3) is 10.5 Å². The Morgan fingerprint density at radius 2 is 1.43 bits per heavy atom. The first-order valence-electron chi connectivity index (χ1n) is 7.77. The number of rotatable bonds is 2. The topological polar surface area (TPSA) is 72.2 Å². The highest BCUT2D eigenvalue weighted by molar-refractivity contribution is 6.68. The Balaban J connectivity index is 0. The van der Waals surface area contributed by atoms with Gasteiger partial charge in [0.1, 0.15) is 17.2 Å². The van der Waals surface area contributed by atoms with Crippen molar-refractivity contribution in [2.45, 2.75) is 33.2 Å². The number of aryl methyl sites for hydroxylation is 1. The molecule has 0 unspecified atom stereocenters. The Labute approximate surface area is 179 Å². The van der Waals surface area contributed by atoms with Gasteiger partial charge < -0.3 is 0 Å². The first-order valence-corrected chi connectivity index (χ1v) is 8.53. The van der Waals surface area contributed by atoms with Gasteiger partial charge in [-0.25, -0.2) is 8.78 Å². The van der Waals surface area contributed by atoms with Crippen LogP contribution in [0.25, 0.3) is 0 Å². The van der Waals surface area contributed by atoms with Crippen molar-refractivity contribution in [2.75, 3.05) is 0 Å². The highest BCUT2D eigenvalue weighted by Gasteiger charge is 2.16. The second-order valence-electron chi connectivity index (χ2n) is 6.36. The van der Waals surface area contributed by atoms with Gasteiger partial charge in [-0.3, -0.25) is 20.9 Å². The fourth-order valence-electron chi connectivity index (χ4n) is 1.41. The molecule has 0 radical (unpaired) electrons. The second-order valence-corrected chi connectivity index (χ2v) is 7.05.